The Balaban J connectivity index is 1.62. The number of nitro benzene ring substituents is 1. The fraction of sp³-hybridized carbons (Fsp3) is 0.0625. The zero-order valence-corrected chi connectivity index (χ0v) is 14.2. The summed E-state index contributed by atoms with van der Waals surface area (Å²) >= 11 is 5.67. The molecule has 0 fully saturated rings. The van der Waals surface area contributed by atoms with E-state index in [9.17, 15) is 24.5 Å². The smallest absolute Gasteiger partial charge is 0.338 e. The van der Waals surface area contributed by atoms with Crippen LogP contribution in [0, 0.1) is 10.1 Å². The van der Waals surface area contributed by atoms with Gasteiger partial charge in [0.15, 0.2) is 6.61 Å². The van der Waals surface area contributed by atoms with Crippen molar-refractivity contribution in [3.8, 4) is 0 Å². The van der Waals surface area contributed by atoms with Gasteiger partial charge in [0, 0.05) is 11.8 Å². The molecule has 3 aromatic rings. The van der Waals surface area contributed by atoms with Gasteiger partial charge in [0.05, 0.1) is 21.5 Å². The van der Waals surface area contributed by atoms with Gasteiger partial charge in [-0.2, -0.15) is 0 Å². The number of hydrogen-bond donors (Lipinski definition) is 3. The van der Waals surface area contributed by atoms with Crippen LogP contribution in [0.1, 0.15) is 10.4 Å². The molecule has 0 saturated carbocycles. The summed E-state index contributed by atoms with van der Waals surface area (Å²) in [5, 5.41) is 13.2. The third kappa shape index (κ3) is 4.12. The van der Waals surface area contributed by atoms with E-state index in [0.29, 0.717) is 16.7 Å². The lowest BCUT2D eigenvalue weighted by Gasteiger charge is -2.07. The summed E-state index contributed by atoms with van der Waals surface area (Å²) in [6.07, 6.45) is 0. The highest BCUT2D eigenvalue weighted by molar-refractivity contribution is 6.32. The summed E-state index contributed by atoms with van der Waals surface area (Å²) in [6.45, 7) is -0.600. The third-order valence-corrected chi connectivity index (χ3v) is 3.83. The Kier molecular flexibility index (Phi) is 4.90. The highest BCUT2D eigenvalue weighted by Gasteiger charge is 2.18. The molecule has 3 N–H and O–H groups in total. The monoisotopic (exact) mass is 390 g/mol. The van der Waals surface area contributed by atoms with E-state index in [1.165, 1.54) is 18.2 Å². The lowest BCUT2D eigenvalue weighted by atomic mass is 10.2. The van der Waals surface area contributed by atoms with Gasteiger partial charge in [-0.15, -0.1) is 0 Å². The molecule has 0 bridgehead atoms. The molecular weight excluding hydrogens is 380 g/mol. The quantitative estimate of drug-likeness (QED) is 0.345. The van der Waals surface area contributed by atoms with E-state index in [1.807, 2.05) is 0 Å². The van der Waals surface area contributed by atoms with Crippen LogP contribution in [0.3, 0.4) is 0 Å². The molecule has 138 valence electrons. The zero-order chi connectivity index (χ0) is 19.6. The van der Waals surface area contributed by atoms with Crippen molar-refractivity contribution in [2.75, 3.05) is 11.9 Å². The topological polar surface area (TPSA) is 147 Å². The first-order chi connectivity index (χ1) is 12.8. The normalized spacial score (nSPS) is 10.6. The van der Waals surface area contributed by atoms with Crippen molar-refractivity contribution in [3.63, 3.8) is 0 Å². The standard InChI is InChI=1S/C16H11ClN4O6/c17-10-3-1-8(5-13(10)21(25)26)15(23)27-7-14(22)18-9-2-4-11-12(6-9)20-16(24)19-11/h1-6H,7H2,(H,18,22)(H2,19,20,24). The number of nitro groups is 1. The second kappa shape index (κ2) is 7.30. The van der Waals surface area contributed by atoms with Gasteiger partial charge >= 0.3 is 11.7 Å². The number of carbonyl (C=O) groups is 2. The van der Waals surface area contributed by atoms with Gasteiger partial charge in [-0.1, -0.05) is 11.6 Å². The second-order valence-electron chi connectivity index (χ2n) is 5.39. The third-order valence-electron chi connectivity index (χ3n) is 3.51. The van der Waals surface area contributed by atoms with Crippen LogP contribution in [0.2, 0.25) is 5.02 Å². The highest BCUT2D eigenvalue weighted by Crippen LogP contribution is 2.25. The molecule has 1 amide bonds. The summed E-state index contributed by atoms with van der Waals surface area (Å²) < 4.78 is 4.85. The molecule has 0 aliphatic carbocycles. The molecule has 1 heterocycles. The molecule has 0 spiro atoms. The maximum atomic E-state index is 12.0. The van der Waals surface area contributed by atoms with Gasteiger partial charge in [-0.3, -0.25) is 14.9 Å². The Morgan fingerprint density at radius 1 is 1.15 bits per heavy atom. The lowest BCUT2D eigenvalue weighted by molar-refractivity contribution is -0.384. The van der Waals surface area contributed by atoms with Crippen molar-refractivity contribution in [1.82, 2.24) is 9.97 Å². The molecule has 1 aromatic heterocycles. The molecule has 0 unspecified atom stereocenters. The first kappa shape index (κ1) is 18.1. The van der Waals surface area contributed by atoms with Crippen molar-refractivity contribution in [3.05, 3.63) is 67.6 Å². The average Bonchev–Trinajstić information content (AvgIpc) is 2.99. The summed E-state index contributed by atoms with van der Waals surface area (Å²) in [5.74, 6) is -1.53. The van der Waals surface area contributed by atoms with Gasteiger partial charge < -0.3 is 20.0 Å². The maximum Gasteiger partial charge on any atom is 0.338 e. The van der Waals surface area contributed by atoms with E-state index in [0.717, 1.165) is 6.07 Å². The van der Waals surface area contributed by atoms with Gasteiger partial charge in [0.2, 0.25) is 0 Å². The summed E-state index contributed by atoms with van der Waals surface area (Å²) in [7, 11) is 0. The highest BCUT2D eigenvalue weighted by atomic mass is 35.5. The molecule has 0 aliphatic rings. The van der Waals surface area contributed by atoms with Crippen LogP contribution in [-0.4, -0.2) is 33.4 Å². The number of H-pyrrole nitrogens is 2. The van der Waals surface area contributed by atoms with Gasteiger partial charge in [-0.05, 0) is 30.3 Å². The first-order valence-corrected chi connectivity index (χ1v) is 7.84. The number of rotatable bonds is 5. The number of esters is 1. The number of aromatic nitrogens is 2. The average molecular weight is 391 g/mol. The van der Waals surface area contributed by atoms with Gasteiger partial charge in [-0.25, -0.2) is 9.59 Å². The number of hydrogen-bond acceptors (Lipinski definition) is 6. The Hall–Kier alpha value is -3.66. The van der Waals surface area contributed by atoms with Crippen molar-refractivity contribution >= 4 is 45.9 Å². The Morgan fingerprint density at radius 3 is 2.63 bits per heavy atom. The fourth-order valence-electron chi connectivity index (χ4n) is 2.30. The van der Waals surface area contributed by atoms with Crippen LogP contribution in [0.4, 0.5) is 11.4 Å². The second-order valence-corrected chi connectivity index (χ2v) is 5.79. The van der Waals surface area contributed by atoms with Crippen molar-refractivity contribution in [1.29, 1.82) is 0 Å². The molecule has 3 rings (SSSR count). The maximum absolute atomic E-state index is 12.0. The molecule has 27 heavy (non-hydrogen) atoms. The predicted octanol–water partition coefficient (Wildman–Crippen LogP) is 2.21. The summed E-state index contributed by atoms with van der Waals surface area (Å²) in [6, 6.07) is 8.12. The van der Waals surface area contributed by atoms with Gasteiger partial charge in [0.1, 0.15) is 5.02 Å². The number of fused-ring (bicyclic) bond motifs is 1. The Labute approximate surface area is 155 Å². The minimum absolute atomic E-state index is 0.106. The molecule has 11 heteroatoms. The first-order valence-electron chi connectivity index (χ1n) is 7.46. The van der Waals surface area contributed by atoms with Crippen LogP contribution in [0.15, 0.2) is 41.2 Å². The van der Waals surface area contributed by atoms with E-state index < -0.39 is 29.1 Å². The van der Waals surface area contributed by atoms with E-state index in [-0.39, 0.29) is 16.3 Å². The number of anilines is 1. The van der Waals surface area contributed by atoms with Gasteiger partial charge in [0.25, 0.3) is 11.6 Å². The number of aromatic amines is 2. The van der Waals surface area contributed by atoms with Crippen molar-refractivity contribution in [2.45, 2.75) is 0 Å². The van der Waals surface area contributed by atoms with Crippen LogP contribution < -0.4 is 11.0 Å². The molecule has 10 nitrogen and oxygen atoms in total. The molecule has 0 saturated heterocycles. The van der Waals surface area contributed by atoms with Crippen molar-refractivity contribution in [2.24, 2.45) is 0 Å². The number of imidazole rings is 1. The summed E-state index contributed by atoms with van der Waals surface area (Å²) in [4.78, 5) is 50.3. The fourth-order valence-corrected chi connectivity index (χ4v) is 2.49. The van der Waals surface area contributed by atoms with Crippen molar-refractivity contribution < 1.29 is 19.2 Å². The number of halogens is 1. The summed E-state index contributed by atoms with van der Waals surface area (Å²) in [5.41, 5.74) is 0.548. The molecular formula is C16H11ClN4O6. The van der Waals surface area contributed by atoms with Crippen LogP contribution >= 0.6 is 11.6 Å². The number of benzene rings is 2. The minimum Gasteiger partial charge on any atom is -0.452 e. The largest absolute Gasteiger partial charge is 0.452 e. The Morgan fingerprint density at radius 2 is 1.89 bits per heavy atom. The van der Waals surface area contributed by atoms with E-state index >= 15 is 0 Å². The van der Waals surface area contributed by atoms with E-state index in [1.54, 1.807) is 12.1 Å². The molecule has 0 aliphatic heterocycles. The SMILES string of the molecule is O=C(COC(=O)c1ccc(Cl)c([N+](=O)[O-])c1)Nc1ccc2[nH]c(=O)[nH]c2c1. The number of carbonyl (C=O) groups excluding carboxylic acids is 2. The zero-order valence-electron chi connectivity index (χ0n) is 13.4. The molecule has 0 radical (unpaired) electrons. The molecule has 0 atom stereocenters. The van der Waals surface area contributed by atoms with E-state index in [2.05, 4.69) is 15.3 Å². The number of nitrogens with zero attached hydrogens (tertiary/aromatic N) is 1. The number of amides is 1. The van der Waals surface area contributed by atoms with Crippen LogP contribution in [-0.2, 0) is 9.53 Å². The molecule has 2 aromatic carbocycles. The number of nitrogens with one attached hydrogen (secondary N) is 3. The van der Waals surface area contributed by atoms with Crippen LogP contribution in [0.25, 0.3) is 11.0 Å². The minimum atomic E-state index is -0.907. The predicted molar refractivity (Wildman–Crippen MR) is 95.9 cm³/mol. The lowest BCUT2D eigenvalue weighted by Crippen LogP contribution is -2.21. The Bertz CT molecular complexity index is 1120. The van der Waals surface area contributed by atoms with E-state index in [4.69, 9.17) is 16.3 Å². The number of ether oxygens (including phenoxy) is 1. The van der Waals surface area contributed by atoms with Crippen LogP contribution in [0.5, 0.6) is 0 Å².